The highest BCUT2D eigenvalue weighted by Gasteiger charge is 2.31. The average molecular weight is 399 g/mol. The number of nitrogens with two attached hydrogens (primary N) is 1. The van der Waals surface area contributed by atoms with Gasteiger partial charge >= 0.3 is 5.97 Å². The van der Waals surface area contributed by atoms with Crippen LogP contribution in [0, 0.1) is 5.92 Å². The van der Waals surface area contributed by atoms with E-state index in [0.29, 0.717) is 0 Å². The van der Waals surface area contributed by atoms with Gasteiger partial charge in [-0.3, -0.25) is 18.9 Å². The van der Waals surface area contributed by atoms with Crippen molar-refractivity contribution in [2.24, 2.45) is 11.7 Å². The fourth-order valence-corrected chi connectivity index (χ4v) is 3.10. The third-order valence-electron chi connectivity index (χ3n) is 3.28. The first-order chi connectivity index (χ1) is 11.4. The Kier molecular flexibility index (Phi) is 10.0. The van der Waals surface area contributed by atoms with Crippen LogP contribution in [0.2, 0.25) is 0 Å². The van der Waals surface area contributed by atoms with Gasteiger partial charge in [0.15, 0.2) is 5.37 Å². The first kappa shape index (κ1) is 23.6. The summed E-state index contributed by atoms with van der Waals surface area (Å²) in [6.07, 6.45) is 0.253. The molecule has 25 heavy (non-hydrogen) atoms. The van der Waals surface area contributed by atoms with Crippen molar-refractivity contribution in [2.45, 2.75) is 50.6 Å². The van der Waals surface area contributed by atoms with Crippen LogP contribution in [0.3, 0.4) is 0 Å². The van der Waals surface area contributed by atoms with Gasteiger partial charge in [-0.25, -0.2) is 0 Å². The molecule has 10 nitrogen and oxygen atoms in total. The van der Waals surface area contributed by atoms with Gasteiger partial charge in [0.05, 0.1) is 0 Å². The smallest absolute Gasteiger partial charge is 0.320 e. The van der Waals surface area contributed by atoms with Gasteiger partial charge in [0.2, 0.25) is 11.8 Å². The van der Waals surface area contributed by atoms with Gasteiger partial charge in [-0.2, -0.15) is 21.0 Å². The zero-order valence-electron chi connectivity index (χ0n) is 14.0. The quantitative estimate of drug-likeness (QED) is 0.189. The number of amides is 2. The number of rotatable bonds is 11. The number of nitrogens with one attached hydrogen (secondary N) is 2. The summed E-state index contributed by atoms with van der Waals surface area (Å²) in [5, 5.41) is 11.7. The number of hydrogen-bond donors (Lipinski definition) is 6. The van der Waals surface area contributed by atoms with Crippen molar-refractivity contribution < 1.29 is 32.5 Å². The predicted octanol–water partition coefficient (Wildman–Crippen LogP) is -1.03. The van der Waals surface area contributed by atoms with E-state index in [4.69, 9.17) is 15.4 Å². The van der Waals surface area contributed by atoms with Crippen molar-refractivity contribution in [3.8, 4) is 0 Å². The van der Waals surface area contributed by atoms with Crippen LogP contribution in [-0.4, -0.2) is 59.1 Å². The van der Waals surface area contributed by atoms with Crippen LogP contribution in [0.4, 0.5) is 0 Å². The Morgan fingerprint density at radius 2 is 1.76 bits per heavy atom. The van der Waals surface area contributed by atoms with Gasteiger partial charge in [0, 0.05) is 12.2 Å². The Labute approximate surface area is 152 Å². The van der Waals surface area contributed by atoms with Crippen LogP contribution >= 0.6 is 12.6 Å². The topological polar surface area (TPSA) is 176 Å². The van der Waals surface area contributed by atoms with Crippen LogP contribution in [0.15, 0.2) is 0 Å². The lowest BCUT2D eigenvalue weighted by molar-refractivity contribution is -0.138. The van der Waals surface area contributed by atoms with Crippen molar-refractivity contribution in [2.75, 3.05) is 5.75 Å². The molecule has 0 unspecified atom stereocenters. The first-order valence-electron chi connectivity index (χ1n) is 7.55. The highest BCUT2D eigenvalue weighted by molar-refractivity contribution is 7.86. The minimum absolute atomic E-state index is 0.0511. The molecule has 146 valence electrons. The molecule has 0 saturated carbocycles. The summed E-state index contributed by atoms with van der Waals surface area (Å²) in [6, 6.07) is -2.18. The second-order valence-electron chi connectivity index (χ2n) is 5.83. The van der Waals surface area contributed by atoms with E-state index in [0.717, 1.165) is 0 Å². The van der Waals surface area contributed by atoms with Crippen LogP contribution in [0.5, 0.6) is 0 Å². The summed E-state index contributed by atoms with van der Waals surface area (Å²) in [4.78, 5) is 34.5. The molecule has 0 aliphatic heterocycles. The van der Waals surface area contributed by atoms with E-state index in [1.165, 1.54) is 13.8 Å². The summed E-state index contributed by atoms with van der Waals surface area (Å²) in [7, 11) is -4.50. The molecule has 0 fully saturated rings. The molecule has 12 heteroatoms. The van der Waals surface area contributed by atoms with Gasteiger partial charge in [-0.05, 0) is 18.8 Å². The normalized spacial score (nSPS) is 15.3. The zero-order valence-corrected chi connectivity index (χ0v) is 15.7. The molecular formula is C13H25N3O7S2. The fraction of sp³-hybridized carbons (Fsp3) is 0.769. The number of aliphatic carboxylic acids is 1. The van der Waals surface area contributed by atoms with Crippen LogP contribution < -0.4 is 16.4 Å². The monoisotopic (exact) mass is 399 g/mol. The second kappa shape index (κ2) is 10.6. The van der Waals surface area contributed by atoms with E-state index in [9.17, 15) is 22.8 Å². The van der Waals surface area contributed by atoms with Crippen LogP contribution in [0.1, 0.15) is 33.1 Å². The Bertz CT molecular complexity index is 580. The average Bonchev–Trinajstić information content (AvgIpc) is 2.48. The minimum atomic E-state index is -4.50. The summed E-state index contributed by atoms with van der Waals surface area (Å²) < 4.78 is 31.7. The lowest BCUT2D eigenvalue weighted by atomic mass is 10.1. The van der Waals surface area contributed by atoms with Crippen LogP contribution in [0.25, 0.3) is 0 Å². The Hall–Kier alpha value is -1.37. The molecule has 6 N–H and O–H groups in total. The Morgan fingerprint density at radius 1 is 1.20 bits per heavy atom. The number of carboxylic acids is 1. The molecule has 2 amide bonds. The van der Waals surface area contributed by atoms with Gasteiger partial charge in [-0.15, -0.1) is 0 Å². The molecule has 0 rings (SSSR count). The van der Waals surface area contributed by atoms with Gasteiger partial charge in [-0.1, -0.05) is 13.8 Å². The summed E-state index contributed by atoms with van der Waals surface area (Å²) in [5.41, 5.74) is 5.31. The molecule has 0 aromatic heterocycles. The van der Waals surface area contributed by atoms with Gasteiger partial charge < -0.3 is 21.5 Å². The zero-order chi connectivity index (χ0) is 19.8. The number of thiol groups is 1. The van der Waals surface area contributed by atoms with E-state index in [2.05, 4.69) is 23.3 Å². The predicted molar refractivity (Wildman–Crippen MR) is 93.6 cm³/mol. The van der Waals surface area contributed by atoms with Crippen molar-refractivity contribution in [3.05, 3.63) is 0 Å². The molecule has 0 heterocycles. The molecule has 0 saturated heterocycles. The summed E-state index contributed by atoms with van der Waals surface area (Å²) in [6.45, 7) is 3.00. The van der Waals surface area contributed by atoms with Crippen molar-refractivity contribution in [1.29, 1.82) is 0 Å². The standard InChI is InChI=1S/C13H25N3O7S2/c1-7(2)12(25(21,22)23)16-11(18)9(6-24)15-10(17)5-3-4-8(14)13(19)20/h7-9,12,24H,3-6,14H2,1-2H3,(H,15,17)(H,16,18)(H,19,20)(H,21,22,23)/t8-,9-,12+/m0/s1. The highest BCUT2D eigenvalue weighted by Crippen LogP contribution is 2.08. The largest absolute Gasteiger partial charge is 0.480 e. The molecule has 0 bridgehead atoms. The molecular weight excluding hydrogens is 374 g/mol. The van der Waals surface area contributed by atoms with Gasteiger partial charge in [0.25, 0.3) is 10.1 Å². The van der Waals surface area contributed by atoms with E-state index in [1.54, 1.807) is 0 Å². The molecule has 0 aliphatic rings. The lowest BCUT2D eigenvalue weighted by Gasteiger charge is -2.23. The van der Waals surface area contributed by atoms with E-state index >= 15 is 0 Å². The number of hydrogen-bond acceptors (Lipinski definition) is 7. The van der Waals surface area contributed by atoms with Crippen LogP contribution in [-0.2, 0) is 24.5 Å². The summed E-state index contributed by atoms with van der Waals surface area (Å²) >= 11 is 3.94. The first-order valence-corrected chi connectivity index (χ1v) is 9.69. The number of carboxylic acid groups (broad SMARTS) is 1. The SMILES string of the molecule is CC(C)[C@H](NC(=O)[C@H](CS)NC(=O)CCC[C@H](N)C(=O)O)S(=O)(=O)O. The molecule has 0 radical (unpaired) electrons. The molecule has 0 aromatic carbocycles. The minimum Gasteiger partial charge on any atom is -0.480 e. The molecule has 0 aromatic rings. The molecule has 3 atom stereocenters. The molecule has 0 aliphatic carbocycles. The third-order valence-corrected chi connectivity index (χ3v) is 4.95. The van der Waals surface area contributed by atoms with Crippen molar-refractivity contribution in [3.63, 3.8) is 0 Å². The number of carbonyl (C=O) groups excluding carboxylic acids is 2. The van der Waals surface area contributed by atoms with E-state index < -0.39 is 51.3 Å². The van der Waals surface area contributed by atoms with E-state index in [1.807, 2.05) is 0 Å². The Balaban J connectivity index is 4.64. The highest BCUT2D eigenvalue weighted by atomic mass is 32.2. The summed E-state index contributed by atoms with van der Waals surface area (Å²) in [5.74, 6) is -3.19. The van der Waals surface area contributed by atoms with Gasteiger partial charge in [0.1, 0.15) is 12.1 Å². The van der Waals surface area contributed by atoms with Crippen molar-refractivity contribution in [1.82, 2.24) is 10.6 Å². The van der Waals surface area contributed by atoms with Crippen molar-refractivity contribution >= 4 is 40.5 Å². The Morgan fingerprint density at radius 3 is 2.16 bits per heavy atom. The fourth-order valence-electron chi connectivity index (χ4n) is 1.89. The maximum absolute atomic E-state index is 12.1. The lowest BCUT2D eigenvalue weighted by Crippen LogP contribution is -2.53. The molecule has 0 spiro atoms. The third kappa shape index (κ3) is 9.05. The second-order valence-corrected chi connectivity index (χ2v) is 7.73. The van der Waals surface area contributed by atoms with E-state index in [-0.39, 0.29) is 25.0 Å². The maximum Gasteiger partial charge on any atom is 0.320 e. The number of carbonyl (C=O) groups is 3. The maximum atomic E-state index is 12.1.